The Morgan fingerprint density at radius 2 is 1.72 bits per heavy atom. The molecule has 1 N–H and O–H groups in total. The first-order valence-corrected chi connectivity index (χ1v) is 12.4. The van der Waals surface area contributed by atoms with Crippen LogP contribution in [0.2, 0.25) is 0 Å². The molecule has 3 heterocycles. The third-order valence-electron chi connectivity index (χ3n) is 6.54. The van der Waals surface area contributed by atoms with Gasteiger partial charge in [0.1, 0.15) is 5.75 Å². The van der Waals surface area contributed by atoms with E-state index in [1.165, 1.54) is 6.20 Å². The molecule has 36 heavy (non-hydrogen) atoms. The van der Waals surface area contributed by atoms with Crippen LogP contribution in [0.5, 0.6) is 5.75 Å². The van der Waals surface area contributed by atoms with Crippen molar-refractivity contribution < 1.29 is 14.7 Å². The van der Waals surface area contributed by atoms with Gasteiger partial charge in [0, 0.05) is 57.4 Å². The summed E-state index contributed by atoms with van der Waals surface area (Å²) in [4.78, 5) is 35.2. The van der Waals surface area contributed by atoms with Gasteiger partial charge < -0.3 is 19.8 Å². The summed E-state index contributed by atoms with van der Waals surface area (Å²) in [5, 5.41) is 18.2. The molecule has 0 spiro atoms. The zero-order chi connectivity index (χ0) is 25.5. The molecule has 0 saturated carbocycles. The van der Waals surface area contributed by atoms with E-state index in [1.807, 2.05) is 49.1 Å². The summed E-state index contributed by atoms with van der Waals surface area (Å²) in [7, 11) is 0. The number of anilines is 1. The summed E-state index contributed by atoms with van der Waals surface area (Å²) in [5.41, 5.74) is 3.20. The van der Waals surface area contributed by atoms with E-state index in [1.54, 1.807) is 23.2 Å². The summed E-state index contributed by atoms with van der Waals surface area (Å²) < 4.78 is 0. The Morgan fingerprint density at radius 1 is 0.972 bits per heavy atom. The molecule has 1 saturated heterocycles. The molecule has 0 radical (unpaired) electrons. The molecule has 1 aromatic carbocycles. The van der Waals surface area contributed by atoms with Crippen LogP contribution in [0.15, 0.2) is 54.9 Å². The molecule has 9 nitrogen and oxygen atoms in total. The van der Waals surface area contributed by atoms with Crippen LogP contribution >= 0.6 is 0 Å². The number of carbonyl (C=O) groups excluding carboxylic acids is 2. The lowest BCUT2D eigenvalue weighted by Crippen LogP contribution is -2.49. The van der Waals surface area contributed by atoms with E-state index < -0.39 is 0 Å². The van der Waals surface area contributed by atoms with Crippen molar-refractivity contribution in [3.8, 4) is 16.9 Å². The van der Waals surface area contributed by atoms with Crippen LogP contribution in [0.1, 0.15) is 36.3 Å². The van der Waals surface area contributed by atoms with Crippen LogP contribution in [0, 0.1) is 0 Å². The molecule has 1 fully saturated rings. The number of amides is 2. The Bertz CT molecular complexity index is 1190. The van der Waals surface area contributed by atoms with Gasteiger partial charge in [-0.15, -0.1) is 10.2 Å². The number of aryl methyl sites for hydroxylation is 1. The molecule has 0 unspecified atom stereocenters. The fourth-order valence-corrected chi connectivity index (χ4v) is 4.46. The zero-order valence-corrected chi connectivity index (χ0v) is 20.8. The molecule has 0 aliphatic carbocycles. The zero-order valence-electron chi connectivity index (χ0n) is 20.8. The van der Waals surface area contributed by atoms with Crippen LogP contribution in [0.25, 0.3) is 11.1 Å². The van der Waals surface area contributed by atoms with Gasteiger partial charge >= 0.3 is 0 Å². The minimum atomic E-state index is -0.114. The van der Waals surface area contributed by atoms with E-state index in [0.717, 1.165) is 16.7 Å². The number of aromatic hydroxyl groups is 1. The molecular formula is C27H32N6O3. The van der Waals surface area contributed by atoms with E-state index in [9.17, 15) is 14.7 Å². The molecule has 1 aliphatic heterocycles. The van der Waals surface area contributed by atoms with Crippen LogP contribution in [-0.2, 0) is 11.2 Å². The van der Waals surface area contributed by atoms with Crippen molar-refractivity contribution in [1.82, 2.24) is 25.0 Å². The third kappa shape index (κ3) is 5.79. The summed E-state index contributed by atoms with van der Waals surface area (Å²) in [6, 6.07) is 13.1. The Hall–Kier alpha value is -4.01. The maximum absolute atomic E-state index is 12.9. The predicted molar refractivity (Wildman–Crippen MR) is 138 cm³/mol. The van der Waals surface area contributed by atoms with Gasteiger partial charge in [-0.2, -0.15) is 0 Å². The van der Waals surface area contributed by atoms with Crippen molar-refractivity contribution in [1.29, 1.82) is 0 Å². The molecule has 0 atom stereocenters. The standard InChI is InChI=1S/C27H32N6O3/c1-3-31(4-2)27(36)24-10-11-25(30-29-24)32-13-15-33(16-14-32)26(35)12-9-20-7-5-6-8-23(20)21-17-22(34)19-28-18-21/h5-8,10-11,17-19,34H,3-4,9,12-16H2,1-2H3. The lowest BCUT2D eigenvalue weighted by atomic mass is 9.97. The summed E-state index contributed by atoms with van der Waals surface area (Å²) in [6.07, 6.45) is 4.14. The SMILES string of the molecule is CCN(CC)C(=O)c1ccc(N2CCN(C(=O)CCc3ccccc3-c3cncc(O)c3)CC2)nn1. The lowest BCUT2D eigenvalue weighted by Gasteiger charge is -2.35. The number of carbonyl (C=O) groups is 2. The summed E-state index contributed by atoms with van der Waals surface area (Å²) >= 11 is 0. The van der Waals surface area contributed by atoms with Crippen molar-refractivity contribution in [3.63, 3.8) is 0 Å². The highest BCUT2D eigenvalue weighted by atomic mass is 16.3. The number of piperazine rings is 1. The van der Waals surface area contributed by atoms with Crippen molar-refractivity contribution in [2.45, 2.75) is 26.7 Å². The molecule has 2 amide bonds. The highest BCUT2D eigenvalue weighted by molar-refractivity contribution is 5.92. The molecular weight excluding hydrogens is 456 g/mol. The fraction of sp³-hybridized carbons (Fsp3) is 0.370. The highest BCUT2D eigenvalue weighted by Crippen LogP contribution is 2.26. The lowest BCUT2D eigenvalue weighted by molar-refractivity contribution is -0.131. The van der Waals surface area contributed by atoms with E-state index in [0.29, 0.717) is 63.6 Å². The number of nitrogens with zero attached hydrogens (tertiary/aromatic N) is 6. The Kier molecular flexibility index (Phi) is 8.10. The Morgan fingerprint density at radius 3 is 2.39 bits per heavy atom. The predicted octanol–water partition coefficient (Wildman–Crippen LogP) is 3.01. The minimum Gasteiger partial charge on any atom is -0.506 e. The molecule has 4 rings (SSSR count). The van der Waals surface area contributed by atoms with Gasteiger partial charge in [0.2, 0.25) is 5.91 Å². The van der Waals surface area contributed by atoms with Crippen LogP contribution < -0.4 is 4.90 Å². The fourth-order valence-electron chi connectivity index (χ4n) is 4.46. The number of pyridine rings is 1. The largest absolute Gasteiger partial charge is 0.506 e. The maximum atomic E-state index is 12.9. The van der Waals surface area contributed by atoms with Crippen LogP contribution in [-0.4, -0.2) is 81.2 Å². The minimum absolute atomic E-state index is 0.114. The van der Waals surface area contributed by atoms with Gasteiger partial charge in [0.25, 0.3) is 5.91 Å². The second kappa shape index (κ2) is 11.6. The first-order chi connectivity index (χ1) is 17.5. The second-order valence-corrected chi connectivity index (χ2v) is 8.71. The molecule has 3 aromatic rings. The molecule has 1 aliphatic rings. The van der Waals surface area contributed by atoms with Crippen LogP contribution in [0.4, 0.5) is 5.82 Å². The number of rotatable bonds is 8. The molecule has 2 aromatic heterocycles. The van der Waals surface area contributed by atoms with E-state index >= 15 is 0 Å². The van der Waals surface area contributed by atoms with Gasteiger partial charge in [0.05, 0.1) is 6.20 Å². The Labute approximate surface area is 211 Å². The summed E-state index contributed by atoms with van der Waals surface area (Å²) in [5.74, 6) is 0.832. The maximum Gasteiger partial charge on any atom is 0.274 e. The topological polar surface area (TPSA) is 103 Å². The van der Waals surface area contributed by atoms with E-state index in [2.05, 4.69) is 20.1 Å². The van der Waals surface area contributed by atoms with Gasteiger partial charge in [-0.05, 0) is 49.6 Å². The van der Waals surface area contributed by atoms with Crippen molar-refractivity contribution in [3.05, 3.63) is 66.1 Å². The molecule has 188 valence electrons. The average Bonchev–Trinajstić information content (AvgIpc) is 2.92. The van der Waals surface area contributed by atoms with Crippen molar-refractivity contribution in [2.24, 2.45) is 0 Å². The molecule has 9 heteroatoms. The van der Waals surface area contributed by atoms with Crippen LogP contribution in [0.3, 0.4) is 0 Å². The monoisotopic (exact) mass is 488 g/mol. The smallest absolute Gasteiger partial charge is 0.274 e. The Balaban J connectivity index is 1.31. The number of hydrogen-bond acceptors (Lipinski definition) is 7. The normalized spacial score (nSPS) is 13.5. The first-order valence-electron chi connectivity index (χ1n) is 12.4. The van der Waals surface area contributed by atoms with E-state index in [-0.39, 0.29) is 17.6 Å². The second-order valence-electron chi connectivity index (χ2n) is 8.71. The van der Waals surface area contributed by atoms with E-state index in [4.69, 9.17) is 0 Å². The van der Waals surface area contributed by atoms with Gasteiger partial charge in [-0.3, -0.25) is 14.6 Å². The quantitative estimate of drug-likeness (QED) is 0.520. The number of aromatic nitrogens is 3. The first kappa shape index (κ1) is 25.1. The van der Waals surface area contributed by atoms with Crippen molar-refractivity contribution in [2.75, 3.05) is 44.2 Å². The number of benzene rings is 1. The van der Waals surface area contributed by atoms with Gasteiger partial charge in [-0.25, -0.2) is 0 Å². The summed E-state index contributed by atoms with van der Waals surface area (Å²) in [6.45, 7) is 7.69. The van der Waals surface area contributed by atoms with Gasteiger partial charge in [-0.1, -0.05) is 24.3 Å². The van der Waals surface area contributed by atoms with Crippen molar-refractivity contribution >= 4 is 17.6 Å². The molecule has 0 bridgehead atoms. The third-order valence-corrected chi connectivity index (χ3v) is 6.54. The average molecular weight is 489 g/mol. The highest BCUT2D eigenvalue weighted by Gasteiger charge is 2.23. The van der Waals surface area contributed by atoms with Gasteiger partial charge in [0.15, 0.2) is 11.5 Å². The number of hydrogen-bond donors (Lipinski definition) is 1.